The van der Waals surface area contributed by atoms with Crippen molar-refractivity contribution in [2.24, 2.45) is 0 Å². The van der Waals surface area contributed by atoms with E-state index in [-0.39, 0.29) is 24.4 Å². The number of benzene rings is 2. The maximum Gasteiger partial charge on any atom is 0.253 e. The molecule has 0 radical (unpaired) electrons. The average Bonchev–Trinajstić information content (AvgIpc) is 2.61. The Morgan fingerprint density at radius 2 is 1.87 bits per heavy atom. The standard InChI is InChI=1S/C19H20FNO2/c20-18-11-5-4-9-16(18)14-23-17-10-6-12-21(13-17)19(22)15-7-2-1-3-8-15/h1-5,7-9,11,17H,6,10,12-14H2/t17-/m0/s1. The highest BCUT2D eigenvalue weighted by molar-refractivity contribution is 5.94. The van der Waals surface area contributed by atoms with Crippen molar-refractivity contribution < 1.29 is 13.9 Å². The van der Waals surface area contributed by atoms with Crippen LogP contribution in [0.1, 0.15) is 28.8 Å². The molecule has 1 aliphatic heterocycles. The minimum absolute atomic E-state index is 0.0322. The molecule has 1 heterocycles. The molecule has 0 aliphatic carbocycles. The minimum atomic E-state index is -0.250. The highest BCUT2D eigenvalue weighted by Gasteiger charge is 2.25. The van der Waals surface area contributed by atoms with Crippen molar-refractivity contribution in [1.29, 1.82) is 0 Å². The van der Waals surface area contributed by atoms with Crippen LogP contribution in [0.5, 0.6) is 0 Å². The first-order valence-corrected chi connectivity index (χ1v) is 7.93. The Morgan fingerprint density at radius 3 is 2.65 bits per heavy atom. The summed E-state index contributed by atoms with van der Waals surface area (Å²) in [7, 11) is 0. The molecule has 4 heteroatoms. The van der Waals surface area contributed by atoms with Gasteiger partial charge in [0, 0.05) is 24.2 Å². The first-order chi connectivity index (χ1) is 11.2. The van der Waals surface area contributed by atoms with Crippen molar-refractivity contribution in [3.8, 4) is 0 Å². The van der Waals surface area contributed by atoms with E-state index >= 15 is 0 Å². The van der Waals surface area contributed by atoms with Crippen molar-refractivity contribution in [3.05, 3.63) is 71.5 Å². The molecule has 1 fully saturated rings. The zero-order chi connectivity index (χ0) is 16.1. The number of ether oxygens (including phenoxy) is 1. The fourth-order valence-corrected chi connectivity index (χ4v) is 2.85. The number of piperidine rings is 1. The lowest BCUT2D eigenvalue weighted by molar-refractivity contribution is -0.00761. The Hall–Kier alpha value is -2.20. The van der Waals surface area contributed by atoms with E-state index in [0.29, 0.717) is 17.7 Å². The van der Waals surface area contributed by atoms with Gasteiger partial charge in [0.05, 0.1) is 12.7 Å². The maximum absolute atomic E-state index is 13.6. The van der Waals surface area contributed by atoms with Gasteiger partial charge in [-0.1, -0.05) is 36.4 Å². The van der Waals surface area contributed by atoms with Crippen LogP contribution in [0.4, 0.5) is 4.39 Å². The van der Waals surface area contributed by atoms with Gasteiger partial charge in [0.2, 0.25) is 0 Å². The van der Waals surface area contributed by atoms with Gasteiger partial charge in [-0.3, -0.25) is 4.79 Å². The second kappa shape index (κ2) is 7.38. The van der Waals surface area contributed by atoms with Gasteiger partial charge in [0.1, 0.15) is 5.82 Å². The molecule has 2 aromatic rings. The second-order valence-corrected chi connectivity index (χ2v) is 5.78. The molecule has 0 N–H and O–H groups in total. The highest BCUT2D eigenvalue weighted by atomic mass is 19.1. The van der Waals surface area contributed by atoms with Gasteiger partial charge in [0.25, 0.3) is 5.91 Å². The number of rotatable bonds is 4. The Morgan fingerprint density at radius 1 is 1.13 bits per heavy atom. The Kier molecular flexibility index (Phi) is 5.03. The van der Waals surface area contributed by atoms with Gasteiger partial charge in [-0.15, -0.1) is 0 Å². The molecule has 0 bridgehead atoms. The van der Waals surface area contributed by atoms with Crippen LogP contribution in [0.2, 0.25) is 0 Å². The normalized spacial score (nSPS) is 18.0. The molecule has 3 nitrogen and oxygen atoms in total. The van der Waals surface area contributed by atoms with Crippen LogP contribution in [0.15, 0.2) is 54.6 Å². The predicted octanol–water partition coefficient (Wildman–Crippen LogP) is 3.65. The smallest absolute Gasteiger partial charge is 0.253 e. The summed E-state index contributed by atoms with van der Waals surface area (Å²) in [6, 6.07) is 15.9. The van der Waals surface area contributed by atoms with Crippen LogP contribution in [0, 0.1) is 5.82 Å². The van der Waals surface area contributed by atoms with E-state index < -0.39 is 0 Å². The van der Waals surface area contributed by atoms with Gasteiger partial charge >= 0.3 is 0 Å². The first kappa shape index (κ1) is 15.7. The number of likely N-dealkylation sites (tertiary alicyclic amines) is 1. The third kappa shape index (κ3) is 3.96. The summed E-state index contributed by atoms with van der Waals surface area (Å²) in [5.41, 5.74) is 1.25. The molecule has 1 atom stereocenters. The number of hydrogen-bond donors (Lipinski definition) is 0. The third-order valence-corrected chi connectivity index (χ3v) is 4.12. The minimum Gasteiger partial charge on any atom is -0.372 e. The molecule has 1 aliphatic rings. The summed E-state index contributed by atoms with van der Waals surface area (Å²) in [5, 5.41) is 0. The number of nitrogens with zero attached hydrogens (tertiary/aromatic N) is 1. The van der Waals surface area contributed by atoms with Crippen molar-refractivity contribution in [2.45, 2.75) is 25.6 Å². The number of carbonyl (C=O) groups is 1. The molecule has 23 heavy (non-hydrogen) atoms. The van der Waals surface area contributed by atoms with Crippen molar-refractivity contribution in [3.63, 3.8) is 0 Å². The van der Waals surface area contributed by atoms with Crippen molar-refractivity contribution in [1.82, 2.24) is 4.90 Å². The van der Waals surface area contributed by atoms with Crippen LogP contribution in [-0.2, 0) is 11.3 Å². The number of hydrogen-bond acceptors (Lipinski definition) is 2. The van der Waals surface area contributed by atoms with E-state index in [1.165, 1.54) is 6.07 Å². The Labute approximate surface area is 135 Å². The van der Waals surface area contributed by atoms with E-state index in [2.05, 4.69) is 0 Å². The summed E-state index contributed by atoms with van der Waals surface area (Å²) < 4.78 is 19.5. The van der Waals surface area contributed by atoms with Crippen LogP contribution in [0.3, 0.4) is 0 Å². The lowest BCUT2D eigenvalue weighted by Gasteiger charge is -2.32. The summed E-state index contributed by atoms with van der Waals surface area (Å²) >= 11 is 0. The molecule has 1 saturated heterocycles. The lowest BCUT2D eigenvalue weighted by atomic mass is 10.1. The number of carbonyl (C=O) groups excluding carboxylic acids is 1. The third-order valence-electron chi connectivity index (χ3n) is 4.12. The summed E-state index contributed by atoms with van der Waals surface area (Å²) in [5.74, 6) is -0.217. The monoisotopic (exact) mass is 313 g/mol. The van der Waals surface area contributed by atoms with Gasteiger partial charge in [0.15, 0.2) is 0 Å². The van der Waals surface area contributed by atoms with Crippen LogP contribution >= 0.6 is 0 Å². The fraction of sp³-hybridized carbons (Fsp3) is 0.316. The molecular formula is C19H20FNO2. The number of amides is 1. The topological polar surface area (TPSA) is 29.5 Å². The number of halogens is 1. The summed E-state index contributed by atoms with van der Waals surface area (Å²) in [4.78, 5) is 14.3. The second-order valence-electron chi connectivity index (χ2n) is 5.78. The van der Waals surface area contributed by atoms with Crippen LogP contribution in [0.25, 0.3) is 0 Å². The summed E-state index contributed by atoms with van der Waals surface area (Å²) in [6.07, 6.45) is 1.75. The molecular weight excluding hydrogens is 293 g/mol. The summed E-state index contributed by atoms with van der Waals surface area (Å²) in [6.45, 7) is 1.54. The maximum atomic E-state index is 13.6. The molecule has 2 aromatic carbocycles. The van der Waals surface area contributed by atoms with Crippen LogP contribution in [-0.4, -0.2) is 30.0 Å². The zero-order valence-electron chi connectivity index (χ0n) is 13.0. The molecule has 0 unspecified atom stereocenters. The molecule has 0 spiro atoms. The largest absolute Gasteiger partial charge is 0.372 e. The molecule has 0 aromatic heterocycles. The average molecular weight is 313 g/mol. The molecule has 3 rings (SSSR count). The molecule has 0 saturated carbocycles. The van der Waals surface area contributed by atoms with Gasteiger partial charge in [-0.05, 0) is 31.0 Å². The van der Waals surface area contributed by atoms with E-state index in [1.54, 1.807) is 18.2 Å². The van der Waals surface area contributed by atoms with Gasteiger partial charge in [-0.25, -0.2) is 4.39 Å². The fourth-order valence-electron chi connectivity index (χ4n) is 2.85. The van der Waals surface area contributed by atoms with E-state index in [4.69, 9.17) is 4.74 Å². The SMILES string of the molecule is O=C(c1ccccc1)N1CCC[C@H](OCc2ccccc2F)C1. The molecule has 120 valence electrons. The van der Waals surface area contributed by atoms with Crippen molar-refractivity contribution in [2.75, 3.05) is 13.1 Å². The van der Waals surface area contributed by atoms with Crippen LogP contribution < -0.4 is 0 Å². The van der Waals surface area contributed by atoms with Crippen molar-refractivity contribution >= 4 is 5.91 Å². The highest BCUT2D eigenvalue weighted by Crippen LogP contribution is 2.18. The molecule has 1 amide bonds. The van der Waals surface area contributed by atoms with Gasteiger partial charge < -0.3 is 9.64 Å². The lowest BCUT2D eigenvalue weighted by Crippen LogP contribution is -2.43. The first-order valence-electron chi connectivity index (χ1n) is 7.93. The van der Waals surface area contributed by atoms with E-state index in [0.717, 1.165) is 19.4 Å². The Bertz CT molecular complexity index is 659. The zero-order valence-corrected chi connectivity index (χ0v) is 13.0. The Balaban J connectivity index is 1.58. The predicted molar refractivity (Wildman–Crippen MR) is 86.6 cm³/mol. The quantitative estimate of drug-likeness (QED) is 0.862. The van der Waals surface area contributed by atoms with E-state index in [1.807, 2.05) is 35.2 Å². The van der Waals surface area contributed by atoms with Gasteiger partial charge in [-0.2, -0.15) is 0 Å². The van der Waals surface area contributed by atoms with E-state index in [9.17, 15) is 9.18 Å².